The molecule has 2 aromatic rings. The van der Waals surface area contributed by atoms with Crippen molar-refractivity contribution in [3.63, 3.8) is 0 Å². The van der Waals surface area contributed by atoms with Crippen LogP contribution < -0.4 is 4.74 Å². The molecule has 2 aromatic carbocycles. The Balaban J connectivity index is 0.000000200. The van der Waals surface area contributed by atoms with E-state index in [4.69, 9.17) is 14.9 Å². The third-order valence-electron chi connectivity index (χ3n) is 2.26. The largest absolute Gasteiger partial charge is 0.491 e. The Morgan fingerprint density at radius 1 is 0.947 bits per heavy atom. The second-order valence-electron chi connectivity index (χ2n) is 4.12. The molecule has 1 unspecified atom stereocenters. The van der Waals surface area contributed by atoms with Gasteiger partial charge in [-0.25, -0.2) is 0 Å². The minimum atomic E-state index is -0.407. The highest BCUT2D eigenvalue weighted by atomic mass is 16.5. The lowest BCUT2D eigenvalue weighted by Gasteiger charge is -2.06. The number of rotatable bonds is 4. The van der Waals surface area contributed by atoms with Crippen LogP contribution in [-0.2, 0) is 6.61 Å². The maximum atomic E-state index is 8.89. The molecule has 3 nitrogen and oxygen atoms in total. The lowest BCUT2D eigenvalue weighted by atomic mass is 10.2. The number of hydrogen-bond donors (Lipinski definition) is 2. The van der Waals surface area contributed by atoms with Crippen molar-refractivity contribution in [1.82, 2.24) is 0 Å². The molecule has 0 heterocycles. The highest BCUT2D eigenvalue weighted by molar-refractivity contribution is 5.20. The summed E-state index contributed by atoms with van der Waals surface area (Å²) in [6.45, 7) is 2.19. The van der Waals surface area contributed by atoms with E-state index in [9.17, 15) is 0 Å². The van der Waals surface area contributed by atoms with Crippen LogP contribution in [-0.4, -0.2) is 22.9 Å². The predicted molar refractivity (Wildman–Crippen MR) is 76.0 cm³/mol. The fourth-order valence-corrected chi connectivity index (χ4v) is 1.32. The van der Waals surface area contributed by atoms with Gasteiger partial charge in [0.2, 0.25) is 0 Å². The normalized spacial score (nSPS) is 11.1. The van der Waals surface area contributed by atoms with Gasteiger partial charge in [0.1, 0.15) is 12.4 Å². The van der Waals surface area contributed by atoms with Crippen LogP contribution in [0.3, 0.4) is 0 Å². The average molecular weight is 260 g/mol. The van der Waals surface area contributed by atoms with Crippen LogP contribution in [0.25, 0.3) is 0 Å². The van der Waals surface area contributed by atoms with Crippen LogP contribution >= 0.6 is 0 Å². The quantitative estimate of drug-likeness (QED) is 0.888. The molecule has 0 spiro atoms. The molecule has 1 atom stereocenters. The molecule has 0 aliphatic carbocycles. The SMILES string of the molecule is CC(O)COc1ccccc1.OCc1ccccc1. The summed E-state index contributed by atoms with van der Waals surface area (Å²) in [7, 11) is 0. The topological polar surface area (TPSA) is 49.7 Å². The van der Waals surface area contributed by atoms with Crippen molar-refractivity contribution >= 4 is 0 Å². The number of hydrogen-bond acceptors (Lipinski definition) is 3. The minimum Gasteiger partial charge on any atom is -0.491 e. The second-order valence-corrected chi connectivity index (χ2v) is 4.12. The summed E-state index contributed by atoms with van der Waals surface area (Å²) in [5.74, 6) is 0.799. The van der Waals surface area contributed by atoms with Crippen LogP contribution in [0.2, 0.25) is 0 Å². The third kappa shape index (κ3) is 7.24. The Morgan fingerprint density at radius 3 is 1.89 bits per heavy atom. The highest BCUT2D eigenvalue weighted by Crippen LogP contribution is 2.07. The van der Waals surface area contributed by atoms with Gasteiger partial charge in [-0.1, -0.05) is 48.5 Å². The zero-order valence-corrected chi connectivity index (χ0v) is 11.1. The van der Waals surface area contributed by atoms with E-state index in [1.807, 2.05) is 60.7 Å². The van der Waals surface area contributed by atoms with Crippen molar-refractivity contribution in [2.45, 2.75) is 19.6 Å². The fourth-order valence-electron chi connectivity index (χ4n) is 1.32. The molecule has 3 heteroatoms. The second kappa shape index (κ2) is 9.14. The molecule has 0 saturated heterocycles. The minimum absolute atomic E-state index is 0.140. The van der Waals surface area contributed by atoms with E-state index in [0.29, 0.717) is 6.61 Å². The Labute approximate surface area is 114 Å². The summed E-state index contributed by atoms with van der Waals surface area (Å²) >= 11 is 0. The van der Waals surface area contributed by atoms with Gasteiger partial charge < -0.3 is 14.9 Å². The summed E-state index contributed by atoms with van der Waals surface area (Å²) in [6, 6.07) is 19.0. The monoisotopic (exact) mass is 260 g/mol. The van der Waals surface area contributed by atoms with Crippen LogP contribution in [0.5, 0.6) is 5.75 Å². The molecule has 2 N–H and O–H groups in total. The molecule has 0 bridgehead atoms. The first-order valence-electron chi connectivity index (χ1n) is 6.23. The molecule has 0 amide bonds. The molecule has 0 saturated carbocycles. The lowest BCUT2D eigenvalue weighted by Crippen LogP contribution is -2.12. The Bertz CT molecular complexity index is 426. The van der Waals surface area contributed by atoms with Crippen molar-refractivity contribution in [3.8, 4) is 5.75 Å². The lowest BCUT2D eigenvalue weighted by molar-refractivity contribution is 0.123. The van der Waals surface area contributed by atoms with Crippen LogP contribution in [0.15, 0.2) is 60.7 Å². The molecule has 0 radical (unpaired) electrons. The number of aliphatic hydroxyl groups excluding tert-OH is 2. The maximum absolute atomic E-state index is 8.89. The zero-order valence-electron chi connectivity index (χ0n) is 11.1. The summed E-state index contributed by atoms with van der Waals surface area (Å²) in [4.78, 5) is 0. The van der Waals surface area contributed by atoms with Crippen LogP contribution in [0.4, 0.5) is 0 Å². The van der Waals surface area contributed by atoms with Crippen molar-refractivity contribution in [2.24, 2.45) is 0 Å². The van der Waals surface area contributed by atoms with Gasteiger partial charge in [0, 0.05) is 0 Å². The molecule has 19 heavy (non-hydrogen) atoms. The van der Waals surface area contributed by atoms with E-state index >= 15 is 0 Å². The van der Waals surface area contributed by atoms with Gasteiger partial charge in [-0.2, -0.15) is 0 Å². The van der Waals surface area contributed by atoms with E-state index in [-0.39, 0.29) is 6.61 Å². The van der Waals surface area contributed by atoms with E-state index in [1.165, 1.54) is 0 Å². The van der Waals surface area contributed by atoms with Gasteiger partial charge >= 0.3 is 0 Å². The molecule has 0 fully saturated rings. The standard InChI is InChI=1S/C9H12O2.C7H8O/c1-8(10)7-11-9-5-3-2-4-6-9;8-6-7-4-2-1-3-5-7/h2-6,8,10H,7H2,1H3;1-5,8H,6H2. The molecule has 0 aliphatic heterocycles. The van der Waals surface area contributed by atoms with E-state index in [1.54, 1.807) is 6.92 Å². The van der Waals surface area contributed by atoms with E-state index in [0.717, 1.165) is 11.3 Å². The third-order valence-corrected chi connectivity index (χ3v) is 2.26. The van der Waals surface area contributed by atoms with Gasteiger partial charge in [0.05, 0.1) is 12.7 Å². The van der Waals surface area contributed by atoms with Crippen molar-refractivity contribution in [1.29, 1.82) is 0 Å². The van der Waals surface area contributed by atoms with Crippen molar-refractivity contribution in [2.75, 3.05) is 6.61 Å². The van der Waals surface area contributed by atoms with Crippen LogP contribution in [0, 0.1) is 0 Å². The highest BCUT2D eigenvalue weighted by Gasteiger charge is 1.95. The van der Waals surface area contributed by atoms with E-state index < -0.39 is 6.10 Å². The Hall–Kier alpha value is -1.84. The van der Waals surface area contributed by atoms with Gasteiger partial charge in [-0.05, 0) is 24.6 Å². The fraction of sp³-hybridized carbons (Fsp3) is 0.250. The maximum Gasteiger partial charge on any atom is 0.119 e. The van der Waals surface area contributed by atoms with Gasteiger partial charge in [0.25, 0.3) is 0 Å². The predicted octanol–water partition coefficient (Wildman–Crippen LogP) is 2.63. The van der Waals surface area contributed by atoms with Crippen molar-refractivity contribution in [3.05, 3.63) is 66.2 Å². The first-order valence-corrected chi connectivity index (χ1v) is 6.23. The molecular formula is C16H20O3. The van der Waals surface area contributed by atoms with Gasteiger partial charge in [-0.15, -0.1) is 0 Å². The number of benzene rings is 2. The smallest absolute Gasteiger partial charge is 0.119 e. The van der Waals surface area contributed by atoms with Gasteiger partial charge in [-0.3, -0.25) is 0 Å². The average Bonchev–Trinajstić information content (AvgIpc) is 2.48. The van der Waals surface area contributed by atoms with E-state index in [2.05, 4.69) is 0 Å². The first kappa shape index (κ1) is 15.2. The molecule has 0 aromatic heterocycles. The molecule has 102 valence electrons. The number of para-hydroxylation sites is 1. The molecule has 2 rings (SSSR count). The summed E-state index contributed by atoms with van der Waals surface area (Å²) in [5, 5.41) is 17.4. The molecule has 0 aliphatic rings. The Morgan fingerprint density at radius 2 is 1.47 bits per heavy atom. The van der Waals surface area contributed by atoms with Gasteiger partial charge in [0.15, 0.2) is 0 Å². The van der Waals surface area contributed by atoms with Crippen LogP contribution in [0.1, 0.15) is 12.5 Å². The zero-order chi connectivity index (χ0) is 13.9. The number of ether oxygens (including phenoxy) is 1. The summed E-state index contributed by atoms with van der Waals surface area (Å²) < 4.78 is 5.22. The first-order chi connectivity index (χ1) is 9.22. The van der Waals surface area contributed by atoms with Crippen molar-refractivity contribution < 1.29 is 14.9 Å². The Kier molecular flexibility index (Phi) is 7.32. The summed E-state index contributed by atoms with van der Waals surface area (Å²) in [5.41, 5.74) is 0.965. The summed E-state index contributed by atoms with van der Waals surface area (Å²) in [6.07, 6.45) is -0.407. The molecular weight excluding hydrogens is 240 g/mol. The number of aliphatic hydroxyl groups is 2.